The number of phenolic OH excluding ortho intramolecular Hbond substituents is 1. The third kappa shape index (κ3) is 6.95. The predicted molar refractivity (Wildman–Crippen MR) is 129 cm³/mol. The molecule has 3 aromatic carbocycles. The molecule has 3 aromatic rings. The van der Waals surface area contributed by atoms with Crippen LogP contribution in [0.2, 0.25) is 0 Å². The summed E-state index contributed by atoms with van der Waals surface area (Å²) in [5.41, 5.74) is 2.62. The van der Waals surface area contributed by atoms with Gasteiger partial charge < -0.3 is 35.4 Å². The van der Waals surface area contributed by atoms with E-state index in [9.17, 15) is 20.1 Å². The van der Waals surface area contributed by atoms with Crippen LogP contribution in [0.5, 0.6) is 17.2 Å². The van der Waals surface area contributed by atoms with Crippen molar-refractivity contribution in [3.63, 3.8) is 0 Å². The Labute approximate surface area is 198 Å². The van der Waals surface area contributed by atoms with E-state index in [1.807, 2.05) is 42.5 Å². The second-order valence-corrected chi connectivity index (χ2v) is 7.72. The molecule has 0 spiro atoms. The molecule has 180 valence electrons. The van der Waals surface area contributed by atoms with E-state index in [0.29, 0.717) is 42.1 Å². The smallest absolute Gasteiger partial charge is 0.211 e. The first kappa shape index (κ1) is 25.0. The molecule has 3 rings (SSSR count). The van der Waals surface area contributed by atoms with Gasteiger partial charge in [0.05, 0.1) is 18.9 Å². The average Bonchev–Trinajstić information content (AvgIpc) is 2.87. The minimum absolute atomic E-state index is 0.0577. The molecule has 2 atom stereocenters. The van der Waals surface area contributed by atoms with Gasteiger partial charge in [-0.15, -0.1) is 0 Å². The zero-order chi connectivity index (χ0) is 24.3. The number of aliphatic hydroxyl groups excluding tert-OH is 2. The fourth-order valence-corrected chi connectivity index (χ4v) is 3.49. The Hall–Kier alpha value is -3.59. The minimum Gasteiger partial charge on any atom is -0.506 e. The van der Waals surface area contributed by atoms with Crippen LogP contribution in [-0.4, -0.2) is 48.5 Å². The Bertz CT molecular complexity index is 1060. The number of rotatable bonds is 13. The second-order valence-electron chi connectivity index (χ2n) is 7.72. The van der Waals surface area contributed by atoms with Crippen LogP contribution >= 0.6 is 0 Å². The predicted octanol–water partition coefficient (Wildman–Crippen LogP) is 2.95. The lowest BCUT2D eigenvalue weighted by Crippen LogP contribution is -2.23. The number of carbonyl (C=O) groups is 1. The Morgan fingerprint density at radius 1 is 1.00 bits per heavy atom. The molecule has 0 aliphatic carbocycles. The van der Waals surface area contributed by atoms with E-state index in [1.54, 1.807) is 25.3 Å². The molecule has 0 aliphatic rings. The molecule has 0 heterocycles. The number of nitrogens with one attached hydrogen (secondary N) is 2. The number of hydrogen-bond acceptors (Lipinski definition) is 7. The van der Waals surface area contributed by atoms with Gasteiger partial charge in [-0.1, -0.05) is 36.4 Å². The maximum Gasteiger partial charge on any atom is 0.211 e. The molecule has 1 amide bonds. The number of aromatic hydroxyl groups is 1. The minimum atomic E-state index is -0.801. The summed E-state index contributed by atoms with van der Waals surface area (Å²) >= 11 is 0. The summed E-state index contributed by atoms with van der Waals surface area (Å²) in [6.07, 6.45) is -0.351. The SMILES string of the molecule is COc1ccccc1C(O)COc1ccc(CCNCC(O)c2ccc(O)c(NC=O)c2)cc1. The van der Waals surface area contributed by atoms with E-state index in [-0.39, 0.29) is 18.0 Å². The van der Waals surface area contributed by atoms with Crippen LogP contribution in [0.4, 0.5) is 5.69 Å². The molecule has 0 radical (unpaired) electrons. The number of hydrogen-bond donors (Lipinski definition) is 5. The molecule has 0 aliphatic heterocycles. The van der Waals surface area contributed by atoms with E-state index in [2.05, 4.69) is 10.6 Å². The third-order valence-electron chi connectivity index (χ3n) is 5.38. The molecule has 2 unspecified atom stereocenters. The van der Waals surface area contributed by atoms with Crippen LogP contribution in [0.1, 0.15) is 28.9 Å². The van der Waals surface area contributed by atoms with Crippen LogP contribution in [0, 0.1) is 0 Å². The largest absolute Gasteiger partial charge is 0.506 e. The lowest BCUT2D eigenvalue weighted by atomic mass is 10.1. The number of para-hydroxylation sites is 1. The van der Waals surface area contributed by atoms with E-state index in [4.69, 9.17) is 9.47 Å². The van der Waals surface area contributed by atoms with Gasteiger partial charge in [0.15, 0.2) is 0 Å². The summed E-state index contributed by atoms with van der Waals surface area (Å²) in [7, 11) is 1.57. The van der Waals surface area contributed by atoms with Crippen LogP contribution in [-0.2, 0) is 11.2 Å². The maximum absolute atomic E-state index is 10.6. The number of phenols is 1. The van der Waals surface area contributed by atoms with Crippen LogP contribution in [0.25, 0.3) is 0 Å². The number of amides is 1. The monoisotopic (exact) mass is 466 g/mol. The van der Waals surface area contributed by atoms with Crippen molar-refractivity contribution in [2.75, 3.05) is 32.1 Å². The lowest BCUT2D eigenvalue weighted by Gasteiger charge is -2.16. The highest BCUT2D eigenvalue weighted by molar-refractivity contribution is 5.75. The zero-order valence-corrected chi connectivity index (χ0v) is 19.0. The molecule has 0 bridgehead atoms. The number of methoxy groups -OCH3 is 1. The molecule has 0 saturated heterocycles. The van der Waals surface area contributed by atoms with Crippen molar-refractivity contribution in [1.82, 2.24) is 5.32 Å². The average molecular weight is 467 g/mol. The summed E-state index contributed by atoms with van der Waals surface area (Å²) in [4.78, 5) is 10.6. The van der Waals surface area contributed by atoms with Crippen molar-refractivity contribution in [1.29, 1.82) is 0 Å². The lowest BCUT2D eigenvalue weighted by molar-refractivity contribution is -0.105. The Morgan fingerprint density at radius 3 is 2.50 bits per heavy atom. The number of anilines is 1. The molecular formula is C26H30N2O6. The summed E-state index contributed by atoms with van der Waals surface area (Å²) in [6, 6.07) is 19.5. The highest BCUT2D eigenvalue weighted by Crippen LogP contribution is 2.27. The summed E-state index contributed by atoms with van der Waals surface area (Å²) in [5.74, 6) is 1.22. The Balaban J connectivity index is 1.42. The second kappa shape index (κ2) is 12.6. The van der Waals surface area contributed by atoms with Crippen molar-refractivity contribution in [2.45, 2.75) is 18.6 Å². The molecule has 0 aromatic heterocycles. The Kier molecular flexibility index (Phi) is 9.28. The van der Waals surface area contributed by atoms with Crippen molar-refractivity contribution in [2.24, 2.45) is 0 Å². The Morgan fingerprint density at radius 2 is 1.76 bits per heavy atom. The van der Waals surface area contributed by atoms with Gasteiger partial charge >= 0.3 is 0 Å². The van der Waals surface area contributed by atoms with Gasteiger partial charge in [0, 0.05) is 12.1 Å². The van der Waals surface area contributed by atoms with Gasteiger partial charge in [-0.2, -0.15) is 0 Å². The van der Waals surface area contributed by atoms with Crippen LogP contribution in [0.3, 0.4) is 0 Å². The maximum atomic E-state index is 10.6. The number of aliphatic hydroxyl groups is 2. The molecule has 8 nitrogen and oxygen atoms in total. The van der Waals surface area contributed by atoms with Crippen molar-refractivity contribution < 1.29 is 29.6 Å². The highest BCUT2D eigenvalue weighted by Gasteiger charge is 2.14. The zero-order valence-electron chi connectivity index (χ0n) is 19.0. The van der Waals surface area contributed by atoms with Crippen molar-refractivity contribution in [3.05, 3.63) is 83.4 Å². The van der Waals surface area contributed by atoms with Gasteiger partial charge in [0.25, 0.3) is 0 Å². The van der Waals surface area contributed by atoms with Gasteiger partial charge in [-0.3, -0.25) is 4.79 Å². The van der Waals surface area contributed by atoms with Crippen LogP contribution in [0.15, 0.2) is 66.7 Å². The first-order valence-corrected chi connectivity index (χ1v) is 11.0. The number of benzene rings is 3. The fourth-order valence-electron chi connectivity index (χ4n) is 3.49. The topological polar surface area (TPSA) is 120 Å². The van der Waals surface area contributed by atoms with Crippen LogP contribution < -0.4 is 20.1 Å². The standard InChI is InChI=1S/C26H30N2O6/c1-33-26-5-3-2-4-21(26)25(32)16-34-20-9-6-18(7-10-20)12-13-27-15-24(31)19-8-11-23(30)22(14-19)28-17-29/h2-11,14,17,24-25,27,30-32H,12-13,15-16H2,1H3,(H,28,29). The fraction of sp³-hybridized carbons (Fsp3) is 0.269. The first-order chi connectivity index (χ1) is 16.5. The number of ether oxygens (including phenoxy) is 2. The van der Waals surface area contributed by atoms with Gasteiger partial charge in [0.2, 0.25) is 6.41 Å². The van der Waals surface area contributed by atoms with Gasteiger partial charge in [-0.25, -0.2) is 0 Å². The molecule has 0 saturated carbocycles. The highest BCUT2D eigenvalue weighted by atomic mass is 16.5. The van der Waals surface area contributed by atoms with E-state index in [1.165, 1.54) is 6.07 Å². The van der Waals surface area contributed by atoms with Crippen molar-refractivity contribution in [3.8, 4) is 17.2 Å². The van der Waals surface area contributed by atoms with E-state index in [0.717, 1.165) is 12.0 Å². The molecule has 8 heteroatoms. The number of carbonyl (C=O) groups excluding carboxylic acids is 1. The first-order valence-electron chi connectivity index (χ1n) is 11.0. The summed E-state index contributed by atoms with van der Waals surface area (Å²) < 4.78 is 11.0. The normalized spacial score (nSPS) is 12.6. The van der Waals surface area contributed by atoms with E-state index < -0.39 is 12.2 Å². The molecule has 5 N–H and O–H groups in total. The third-order valence-corrected chi connectivity index (χ3v) is 5.38. The molecule has 0 fully saturated rings. The summed E-state index contributed by atoms with van der Waals surface area (Å²) in [5, 5.41) is 36.1. The molecule has 34 heavy (non-hydrogen) atoms. The molecular weight excluding hydrogens is 436 g/mol. The van der Waals surface area contributed by atoms with Crippen molar-refractivity contribution >= 4 is 12.1 Å². The van der Waals surface area contributed by atoms with Gasteiger partial charge in [-0.05, 0) is 54.4 Å². The quantitative estimate of drug-likeness (QED) is 0.149. The summed E-state index contributed by atoms with van der Waals surface area (Å²) in [6.45, 7) is 1.09. The van der Waals surface area contributed by atoms with Gasteiger partial charge in [0.1, 0.15) is 30.0 Å². The van der Waals surface area contributed by atoms with E-state index >= 15 is 0 Å².